The average molecular weight is 351 g/mol. The van der Waals surface area contributed by atoms with Crippen LogP contribution in [0.4, 0.5) is 5.69 Å². The van der Waals surface area contributed by atoms with Gasteiger partial charge < -0.3 is 21.3 Å². The Hall–Kier alpha value is -1.10. The maximum Gasteiger partial charge on any atom is 0.0363 e. The molecule has 1 aromatic rings. The number of rotatable bonds is 7. The zero-order valence-corrected chi connectivity index (χ0v) is 16.9. The third kappa shape index (κ3) is 12.9. The maximum atomic E-state index is 5.46. The molecule has 0 amide bonds. The van der Waals surface area contributed by atoms with E-state index in [0.29, 0.717) is 0 Å². The zero-order chi connectivity index (χ0) is 18.8. The molecule has 146 valence electrons. The predicted molar refractivity (Wildman–Crippen MR) is 113 cm³/mol. The molecule has 1 saturated heterocycles. The summed E-state index contributed by atoms with van der Waals surface area (Å²) in [7, 11) is 2.09. The molecule has 0 spiro atoms. The summed E-state index contributed by atoms with van der Waals surface area (Å²) >= 11 is 0. The summed E-state index contributed by atoms with van der Waals surface area (Å²) in [4.78, 5) is 4.77. The smallest absolute Gasteiger partial charge is 0.0363 e. The molecule has 0 unspecified atom stereocenters. The van der Waals surface area contributed by atoms with Crippen LogP contribution in [0.15, 0.2) is 30.3 Å². The zero-order valence-electron chi connectivity index (χ0n) is 16.9. The van der Waals surface area contributed by atoms with Crippen molar-refractivity contribution in [3.63, 3.8) is 0 Å². The molecule has 1 fully saturated rings. The third-order valence-electron chi connectivity index (χ3n) is 4.27. The van der Waals surface area contributed by atoms with Crippen molar-refractivity contribution in [1.82, 2.24) is 4.90 Å². The Morgan fingerprint density at radius 1 is 0.880 bits per heavy atom. The van der Waals surface area contributed by atoms with Gasteiger partial charge in [-0.3, -0.25) is 0 Å². The van der Waals surface area contributed by atoms with Crippen LogP contribution in [0.2, 0.25) is 0 Å². The monoisotopic (exact) mass is 350 g/mol. The molecule has 4 nitrogen and oxygen atoms in total. The molecule has 25 heavy (non-hydrogen) atoms. The Morgan fingerprint density at radius 2 is 1.44 bits per heavy atom. The first-order valence-corrected chi connectivity index (χ1v) is 10.2. The molecule has 1 aromatic carbocycles. The summed E-state index contributed by atoms with van der Waals surface area (Å²) in [5.74, 6) is 0. The number of benzene rings is 1. The Balaban J connectivity index is 0.000000421. The molecule has 0 saturated carbocycles. The minimum absolute atomic E-state index is 0.761. The van der Waals surface area contributed by atoms with Crippen molar-refractivity contribution < 1.29 is 0 Å². The Morgan fingerprint density at radius 3 is 1.96 bits per heavy atom. The standard InChI is InChI=1S/C10H16N2.C9H20N2.C2H6/c1-12(9-5-8-11)10-6-3-2-4-7-10;10-6-5-9-11-7-3-1-2-4-8-11;1-2/h2-4,6-7H,5,8-9,11H2,1H3;1-10H2;1-2H3. The van der Waals surface area contributed by atoms with E-state index in [1.165, 1.54) is 57.4 Å². The number of hydrogen-bond acceptors (Lipinski definition) is 4. The molecule has 0 aromatic heterocycles. The highest BCUT2D eigenvalue weighted by Gasteiger charge is 2.06. The van der Waals surface area contributed by atoms with E-state index in [2.05, 4.69) is 29.0 Å². The van der Waals surface area contributed by atoms with Crippen molar-refractivity contribution in [2.75, 3.05) is 51.2 Å². The average Bonchev–Trinajstić information content (AvgIpc) is 2.96. The molecule has 4 heteroatoms. The van der Waals surface area contributed by atoms with Crippen LogP contribution in [-0.2, 0) is 0 Å². The lowest BCUT2D eigenvalue weighted by molar-refractivity contribution is 0.283. The number of nitrogens with zero attached hydrogens (tertiary/aromatic N) is 2. The van der Waals surface area contributed by atoms with Gasteiger partial charge in [-0.25, -0.2) is 0 Å². The molecular weight excluding hydrogens is 308 g/mol. The van der Waals surface area contributed by atoms with Gasteiger partial charge in [0, 0.05) is 19.3 Å². The highest BCUT2D eigenvalue weighted by atomic mass is 15.1. The minimum atomic E-state index is 0.761. The van der Waals surface area contributed by atoms with Gasteiger partial charge in [0.15, 0.2) is 0 Å². The van der Waals surface area contributed by atoms with Crippen LogP contribution in [0.25, 0.3) is 0 Å². The van der Waals surface area contributed by atoms with Crippen molar-refractivity contribution in [2.24, 2.45) is 11.5 Å². The number of hydrogen-bond donors (Lipinski definition) is 2. The van der Waals surface area contributed by atoms with E-state index in [1.54, 1.807) is 0 Å². The van der Waals surface area contributed by atoms with Gasteiger partial charge in [-0.05, 0) is 70.5 Å². The van der Waals surface area contributed by atoms with Crippen LogP contribution in [-0.4, -0.2) is 51.2 Å². The van der Waals surface area contributed by atoms with Gasteiger partial charge >= 0.3 is 0 Å². The van der Waals surface area contributed by atoms with Gasteiger partial charge in [0.2, 0.25) is 0 Å². The Labute approximate surface area is 156 Å². The first kappa shape index (κ1) is 23.9. The summed E-state index contributed by atoms with van der Waals surface area (Å²) in [6.07, 6.45) is 7.86. The fraction of sp³-hybridized carbons (Fsp3) is 0.714. The topological polar surface area (TPSA) is 58.5 Å². The van der Waals surface area contributed by atoms with Gasteiger partial charge in [-0.1, -0.05) is 44.9 Å². The molecule has 0 atom stereocenters. The lowest BCUT2D eigenvalue weighted by Crippen LogP contribution is -2.27. The molecule has 1 aliphatic heterocycles. The Bertz CT molecular complexity index is 361. The van der Waals surface area contributed by atoms with E-state index in [9.17, 15) is 0 Å². The molecular formula is C21H42N4. The summed E-state index contributed by atoms with van der Waals surface area (Å²) in [5.41, 5.74) is 12.1. The quantitative estimate of drug-likeness (QED) is 0.787. The molecule has 0 radical (unpaired) electrons. The summed E-state index contributed by atoms with van der Waals surface area (Å²) in [6.45, 7) is 10.5. The van der Waals surface area contributed by atoms with Crippen molar-refractivity contribution in [3.05, 3.63) is 30.3 Å². The van der Waals surface area contributed by atoms with Crippen LogP contribution in [0, 0.1) is 0 Å². The number of nitrogens with two attached hydrogens (primary N) is 2. The van der Waals surface area contributed by atoms with Crippen LogP contribution in [0.5, 0.6) is 0 Å². The summed E-state index contributed by atoms with van der Waals surface area (Å²) < 4.78 is 0. The second kappa shape index (κ2) is 17.7. The predicted octanol–water partition coefficient (Wildman–Crippen LogP) is 3.71. The highest BCUT2D eigenvalue weighted by molar-refractivity contribution is 5.44. The van der Waals surface area contributed by atoms with E-state index in [-0.39, 0.29) is 0 Å². The number of para-hydroxylation sites is 1. The van der Waals surface area contributed by atoms with Crippen molar-refractivity contribution in [3.8, 4) is 0 Å². The van der Waals surface area contributed by atoms with Gasteiger partial charge in [0.1, 0.15) is 0 Å². The van der Waals surface area contributed by atoms with E-state index < -0.39 is 0 Å². The first-order chi connectivity index (χ1) is 12.3. The third-order valence-corrected chi connectivity index (χ3v) is 4.27. The fourth-order valence-corrected chi connectivity index (χ4v) is 2.81. The lowest BCUT2D eigenvalue weighted by Gasteiger charge is -2.18. The molecule has 1 aliphatic rings. The van der Waals surface area contributed by atoms with E-state index >= 15 is 0 Å². The first-order valence-electron chi connectivity index (χ1n) is 10.2. The summed E-state index contributed by atoms with van der Waals surface area (Å²) in [5, 5.41) is 0. The number of anilines is 1. The normalized spacial score (nSPS) is 14.4. The fourth-order valence-electron chi connectivity index (χ4n) is 2.81. The van der Waals surface area contributed by atoms with Crippen LogP contribution in [0.1, 0.15) is 52.4 Å². The molecule has 0 bridgehead atoms. The van der Waals surface area contributed by atoms with Crippen LogP contribution < -0.4 is 16.4 Å². The van der Waals surface area contributed by atoms with Gasteiger partial charge in [0.25, 0.3) is 0 Å². The van der Waals surface area contributed by atoms with E-state index in [1.807, 2.05) is 32.0 Å². The molecule has 2 rings (SSSR count). The second-order valence-electron chi connectivity index (χ2n) is 6.30. The van der Waals surface area contributed by atoms with Crippen molar-refractivity contribution in [1.29, 1.82) is 0 Å². The van der Waals surface area contributed by atoms with E-state index in [0.717, 1.165) is 26.1 Å². The maximum absolute atomic E-state index is 5.46. The van der Waals surface area contributed by atoms with E-state index in [4.69, 9.17) is 11.5 Å². The Kier molecular flexibility index (Phi) is 16.9. The molecule has 0 aliphatic carbocycles. The molecule has 4 N–H and O–H groups in total. The minimum Gasteiger partial charge on any atom is -0.375 e. The van der Waals surface area contributed by atoms with Crippen LogP contribution >= 0.6 is 0 Å². The van der Waals surface area contributed by atoms with Crippen molar-refractivity contribution in [2.45, 2.75) is 52.4 Å². The van der Waals surface area contributed by atoms with Gasteiger partial charge in [-0.15, -0.1) is 0 Å². The van der Waals surface area contributed by atoms with Gasteiger partial charge in [0.05, 0.1) is 0 Å². The van der Waals surface area contributed by atoms with Gasteiger partial charge in [-0.2, -0.15) is 0 Å². The van der Waals surface area contributed by atoms with Crippen LogP contribution in [0.3, 0.4) is 0 Å². The molecule has 1 heterocycles. The largest absolute Gasteiger partial charge is 0.375 e. The summed E-state index contributed by atoms with van der Waals surface area (Å²) in [6, 6.07) is 10.3. The van der Waals surface area contributed by atoms with Crippen molar-refractivity contribution >= 4 is 5.69 Å². The second-order valence-corrected chi connectivity index (χ2v) is 6.30. The SMILES string of the molecule is CC.CN(CCCN)c1ccccc1.NCCCN1CCCCCC1. The highest BCUT2D eigenvalue weighted by Crippen LogP contribution is 2.10. The lowest BCUT2D eigenvalue weighted by atomic mass is 10.2. The number of likely N-dealkylation sites (tertiary alicyclic amines) is 1.